The first-order valence-corrected chi connectivity index (χ1v) is 4.38. The fourth-order valence-corrected chi connectivity index (χ4v) is 0.950. The number of guanidine groups is 1. The molecule has 1 rings (SSSR count). The van der Waals surface area contributed by atoms with Gasteiger partial charge in [-0.15, -0.1) is 12.3 Å². The van der Waals surface area contributed by atoms with Crippen molar-refractivity contribution in [3.8, 4) is 12.3 Å². The fourth-order valence-electron chi connectivity index (χ4n) is 0.950. The third-order valence-corrected chi connectivity index (χ3v) is 1.58. The van der Waals surface area contributed by atoms with Crippen LogP contribution >= 0.6 is 0 Å². The fraction of sp³-hybridized carbons (Fsp3) is 0.182. The van der Waals surface area contributed by atoms with Gasteiger partial charge >= 0.3 is 0 Å². The van der Waals surface area contributed by atoms with Crippen LogP contribution in [0.4, 0.5) is 5.69 Å². The molecule has 3 N–H and O–H groups in total. The summed E-state index contributed by atoms with van der Waals surface area (Å²) < 4.78 is 0. The second-order valence-electron chi connectivity index (χ2n) is 2.71. The topological polar surface area (TPSA) is 50.4 Å². The molecule has 3 nitrogen and oxygen atoms in total. The summed E-state index contributed by atoms with van der Waals surface area (Å²) in [6.45, 7) is 0.558. The molecule has 3 heteroatoms. The Kier molecular flexibility index (Phi) is 4.09. The van der Waals surface area contributed by atoms with Crippen LogP contribution in [0.25, 0.3) is 0 Å². The molecule has 0 bridgehead atoms. The smallest absolute Gasteiger partial charge is 0.193 e. The van der Waals surface area contributed by atoms with E-state index in [-0.39, 0.29) is 0 Å². The molecular formula is C11H13N3. The summed E-state index contributed by atoms with van der Waals surface area (Å²) >= 11 is 0. The molecule has 14 heavy (non-hydrogen) atoms. The molecule has 1 aromatic rings. The summed E-state index contributed by atoms with van der Waals surface area (Å²) in [4.78, 5) is 4.05. The van der Waals surface area contributed by atoms with E-state index >= 15 is 0 Å². The van der Waals surface area contributed by atoms with Crippen molar-refractivity contribution in [2.75, 3.05) is 11.9 Å². The number of hydrogen-bond acceptors (Lipinski definition) is 1. The number of nitrogens with zero attached hydrogens (tertiary/aromatic N) is 1. The normalized spacial score (nSPS) is 10.6. The van der Waals surface area contributed by atoms with Gasteiger partial charge in [-0.2, -0.15) is 0 Å². The minimum absolute atomic E-state index is 0.395. The molecule has 0 saturated carbocycles. The van der Waals surface area contributed by atoms with E-state index in [1.165, 1.54) is 0 Å². The number of para-hydroxylation sites is 1. The lowest BCUT2D eigenvalue weighted by molar-refractivity contribution is 1.03. The molecule has 0 aliphatic carbocycles. The van der Waals surface area contributed by atoms with Crippen molar-refractivity contribution in [3.05, 3.63) is 30.3 Å². The van der Waals surface area contributed by atoms with Gasteiger partial charge in [0, 0.05) is 12.1 Å². The van der Waals surface area contributed by atoms with E-state index in [9.17, 15) is 0 Å². The van der Waals surface area contributed by atoms with E-state index < -0.39 is 0 Å². The summed E-state index contributed by atoms with van der Waals surface area (Å²) in [6.07, 6.45) is 5.70. The minimum Gasteiger partial charge on any atom is -0.370 e. The minimum atomic E-state index is 0.395. The maximum atomic E-state index is 5.62. The summed E-state index contributed by atoms with van der Waals surface area (Å²) in [5.41, 5.74) is 6.54. The molecule has 0 aliphatic rings. The zero-order chi connectivity index (χ0) is 10.2. The molecule has 0 fully saturated rings. The maximum Gasteiger partial charge on any atom is 0.193 e. The highest BCUT2D eigenvalue weighted by Crippen LogP contribution is 2.03. The third-order valence-electron chi connectivity index (χ3n) is 1.58. The van der Waals surface area contributed by atoms with Crippen LogP contribution in [0, 0.1) is 12.3 Å². The average molecular weight is 187 g/mol. The Morgan fingerprint density at radius 1 is 1.43 bits per heavy atom. The predicted octanol–water partition coefficient (Wildman–Crippen LogP) is 1.44. The first-order valence-electron chi connectivity index (χ1n) is 4.38. The average Bonchev–Trinajstić information content (AvgIpc) is 2.20. The quantitative estimate of drug-likeness (QED) is 0.325. The highest BCUT2D eigenvalue weighted by Gasteiger charge is 1.91. The van der Waals surface area contributed by atoms with Gasteiger partial charge < -0.3 is 11.1 Å². The van der Waals surface area contributed by atoms with Crippen molar-refractivity contribution >= 4 is 11.6 Å². The van der Waals surface area contributed by atoms with Gasteiger partial charge in [0.15, 0.2) is 5.96 Å². The number of anilines is 1. The van der Waals surface area contributed by atoms with Crippen LogP contribution in [0.5, 0.6) is 0 Å². The first kappa shape index (κ1) is 10.1. The van der Waals surface area contributed by atoms with Crippen molar-refractivity contribution in [2.24, 2.45) is 10.7 Å². The number of benzene rings is 1. The Hall–Kier alpha value is -1.95. The number of nitrogens with two attached hydrogens (primary N) is 1. The molecule has 0 radical (unpaired) electrons. The third kappa shape index (κ3) is 3.63. The lowest BCUT2D eigenvalue weighted by Crippen LogP contribution is -2.22. The second-order valence-corrected chi connectivity index (χ2v) is 2.71. The van der Waals surface area contributed by atoms with Crippen molar-refractivity contribution in [1.82, 2.24) is 0 Å². The monoisotopic (exact) mass is 187 g/mol. The van der Waals surface area contributed by atoms with Gasteiger partial charge in [0.05, 0.1) is 6.54 Å². The molecule has 0 amide bonds. The summed E-state index contributed by atoms with van der Waals surface area (Å²) in [6, 6.07) is 9.64. The highest BCUT2D eigenvalue weighted by atomic mass is 15.1. The van der Waals surface area contributed by atoms with E-state index in [4.69, 9.17) is 12.2 Å². The zero-order valence-electron chi connectivity index (χ0n) is 7.90. The number of nitrogens with one attached hydrogen (secondary N) is 1. The van der Waals surface area contributed by atoms with E-state index in [0.29, 0.717) is 18.9 Å². The molecule has 0 atom stereocenters. The highest BCUT2D eigenvalue weighted by molar-refractivity contribution is 5.92. The van der Waals surface area contributed by atoms with E-state index in [1.807, 2.05) is 30.3 Å². The molecule has 0 heterocycles. The van der Waals surface area contributed by atoms with Crippen molar-refractivity contribution < 1.29 is 0 Å². The molecule has 0 saturated heterocycles. The molecule has 0 aliphatic heterocycles. The van der Waals surface area contributed by atoms with Crippen LogP contribution in [0.2, 0.25) is 0 Å². The van der Waals surface area contributed by atoms with Crippen LogP contribution in [0.3, 0.4) is 0 Å². The van der Waals surface area contributed by atoms with Gasteiger partial charge in [-0.05, 0) is 12.1 Å². The van der Waals surface area contributed by atoms with Gasteiger partial charge in [0.1, 0.15) is 0 Å². The summed E-state index contributed by atoms with van der Waals surface area (Å²) in [5.74, 6) is 2.89. The van der Waals surface area contributed by atoms with Crippen molar-refractivity contribution in [2.45, 2.75) is 6.42 Å². The second kappa shape index (κ2) is 5.65. The molecule has 1 aromatic carbocycles. The van der Waals surface area contributed by atoms with Crippen molar-refractivity contribution in [3.63, 3.8) is 0 Å². The predicted molar refractivity (Wildman–Crippen MR) is 60.0 cm³/mol. The summed E-state index contributed by atoms with van der Waals surface area (Å²) in [7, 11) is 0. The Labute approximate surface area is 84.0 Å². The Bertz CT molecular complexity index is 335. The lowest BCUT2D eigenvalue weighted by Gasteiger charge is -2.03. The lowest BCUT2D eigenvalue weighted by atomic mass is 10.3. The van der Waals surface area contributed by atoms with E-state index in [1.54, 1.807) is 0 Å². The summed E-state index contributed by atoms with van der Waals surface area (Å²) in [5, 5.41) is 2.96. The SMILES string of the molecule is C#CCCN=C(N)Nc1ccccc1. The largest absolute Gasteiger partial charge is 0.370 e. The van der Waals surface area contributed by atoms with Crippen LogP contribution in [0.15, 0.2) is 35.3 Å². The van der Waals surface area contributed by atoms with Gasteiger partial charge in [-0.25, -0.2) is 0 Å². The molecule has 0 spiro atoms. The van der Waals surface area contributed by atoms with Crippen molar-refractivity contribution in [1.29, 1.82) is 0 Å². The maximum absolute atomic E-state index is 5.62. The van der Waals surface area contributed by atoms with E-state index in [0.717, 1.165) is 5.69 Å². The standard InChI is InChI=1S/C11H13N3/c1-2-3-9-13-11(12)14-10-7-5-4-6-8-10/h1,4-8H,3,9H2,(H3,12,13,14). The van der Waals surface area contributed by atoms with Gasteiger partial charge in [0.2, 0.25) is 0 Å². The first-order chi connectivity index (χ1) is 6.83. The van der Waals surface area contributed by atoms with Crippen LogP contribution in [0.1, 0.15) is 6.42 Å². The Morgan fingerprint density at radius 2 is 2.14 bits per heavy atom. The zero-order valence-corrected chi connectivity index (χ0v) is 7.90. The number of terminal acetylenes is 1. The number of rotatable bonds is 3. The van der Waals surface area contributed by atoms with Gasteiger partial charge in [0.25, 0.3) is 0 Å². The number of aliphatic imine (C=N–C) groups is 1. The van der Waals surface area contributed by atoms with Crippen LogP contribution < -0.4 is 11.1 Å². The van der Waals surface area contributed by atoms with Gasteiger partial charge in [-0.1, -0.05) is 18.2 Å². The molecule has 72 valence electrons. The molecule has 0 aromatic heterocycles. The van der Waals surface area contributed by atoms with Gasteiger partial charge in [-0.3, -0.25) is 4.99 Å². The van der Waals surface area contributed by atoms with E-state index in [2.05, 4.69) is 16.2 Å². The molecular weight excluding hydrogens is 174 g/mol. The van der Waals surface area contributed by atoms with Crippen LogP contribution in [-0.2, 0) is 0 Å². The number of hydrogen-bond donors (Lipinski definition) is 2. The molecule has 0 unspecified atom stereocenters. The Balaban J connectivity index is 2.45. The Morgan fingerprint density at radius 3 is 2.79 bits per heavy atom. The van der Waals surface area contributed by atoms with Crippen LogP contribution in [-0.4, -0.2) is 12.5 Å².